The minimum Gasteiger partial charge on any atom is -0.460 e. The minimum atomic E-state index is -2.66. The Balaban J connectivity index is 2.71. The smallest absolute Gasteiger partial charge is 0.330 e. The Hall–Kier alpha value is -0.0256. The monoisotopic (exact) mass is 628 g/mol. The molecular formula is C23H52O10Si5. The second-order valence-corrected chi connectivity index (χ2v) is 28.1. The number of rotatable bonds is 23. The summed E-state index contributed by atoms with van der Waals surface area (Å²) in [4.78, 5) is 11.1. The molecule has 1 fully saturated rings. The van der Waals surface area contributed by atoms with Gasteiger partial charge >= 0.3 is 31.7 Å². The molecule has 0 spiro atoms. The van der Waals surface area contributed by atoms with Crippen molar-refractivity contribution in [1.29, 1.82) is 0 Å². The topological polar surface area (TPSA) is 114 Å². The molecule has 1 heterocycles. The van der Waals surface area contributed by atoms with Gasteiger partial charge in [-0.2, -0.15) is 0 Å². The fourth-order valence-corrected chi connectivity index (χ4v) is 25.6. The van der Waals surface area contributed by atoms with Crippen LogP contribution < -0.4 is 0 Å². The molecule has 10 nitrogen and oxygen atoms in total. The van der Waals surface area contributed by atoms with E-state index in [1.54, 1.807) is 0 Å². The molecule has 0 saturated carbocycles. The molecule has 224 valence electrons. The molecule has 1 aliphatic rings. The summed E-state index contributed by atoms with van der Waals surface area (Å²) in [5.41, 5.74) is 0. The summed E-state index contributed by atoms with van der Waals surface area (Å²) in [6, 6.07) is 1.56. The molecule has 4 atom stereocenters. The lowest BCUT2D eigenvalue weighted by atomic mass is 10.4. The highest BCUT2D eigenvalue weighted by molar-refractivity contribution is 6.89. The number of carbonyl (C=O) groups is 1. The van der Waals surface area contributed by atoms with Crippen molar-refractivity contribution >= 4 is 49.7 Å². The average Bonchev–Trinajstić information content (AvgIpc) is 3.59. The molecule has 1 N–H and O–H groups in total. The van der Waals surface area contributed by atoms with Crippen LogP contribution in [0.1, 0.15) is 12.8 Å². The molecule has 0 aromatic carbocycles. The highest BCUT2D eigenvalue weighted by Gasteiger charge is 2.47. The maximum absolute atomic E-state index is 11.1. The van der Waals surface area contributed by atoms with Crippen molar-refractivity contribution < 1.29 is 45.3 Å². The highest BCUT2D eigenvalue weighted by atomic mass is 28.5. The van der Waals surface area contributed by atoms with Gasteiger partial charge in [0.25, 0.3) is 0 Å². The van der Waals surface area contributed by atoms with Gasteiger partial charge < -0.3 is 40.5 Å². The fourth-order valence-electron chi connectivity index (χ4n) is 4.19. The van der Waals surface area contributed by atoms with Crippen molar-refractivity contribution in [1.82, 2.24) is 0 Å². The summed E-state index contributed by atoms with van der Waals surface area (Å²) < 4.78 is 48.1. The largest absolute Gasteiger partial charge is 0.460 e. The quantitative estimate of drug-likeness (QED) is 0.0595. The lowest BCUT2D eigenvalue weighted by Gasteiger charge is -2.42. The first-order valence-corrected chi connectivity index (χ1v) is 26.9. The average molecular weight is 629 g/mol. The van der Waals surface area contributed by atoms with E-state index in [4.69, 9.17) is 35.4 Å². The van der Waals surface area contributed by atoms with Crippen molar-refractivity contribution in [3.8, 4) is 0 Å². The molecule has 0 aliphatic carbocycles. The fraction of sp³-hybridized carbons (Fsp3) is 0.870. The van der Waals surface area contributed by atoms with Crippen LogP contribution in [0, 0.1) is 0 Å². The van der Waals surface area contributed by atoms with Crippen LogP contribution in [0.15, 0.2) is 12.7 Å². The van der Waals surface area contributed by atoms with E-state index in [9.17, 15) is 9.90 Å². The number of carbonyl (C=O) groups excluding carboxylic acids is 1. The van der Waals surface area contributed by atoms with Crippen molar-refractivity contribution in [3.05, 3.63) is 12.7 Å². The van der Waals surface area contributed by atoms with Gasteiger partial charge in [0.2, 0.25) is 0 Å². The first-order valence-electron chi connectivity index (χ1n) is 13.6. The van der Waals surface area contributed by atoms with Gasteiger partial charge in [0.15, 0.2) is 8.32 Å². The molecule has 0 aromatic rings. The maximum atomic E-state index is 11.1. The van der Waals surface area contributed by atoms with Gasteiger partial charge in [0.05, 0.1) is 19.8 Å². The molecule has 1 rings (SSSR count). The maximum Gasteiger partial charge on any atom is 0.330 e. The van der Waals surface area contributed by atoms with E-state index in [0.717, 1.165) is 37.6 Å². The van der Waals surface area contributed by atoms with Gasteiger partial charge in [-0.3, -0.25) is 0 Å². The van der Waals surface area contributed by atoms with E-state index >= 15 is 0 Å². The summed E-state index contributed by atoms with van der Waals surface area (Å²) in [6.07, 6.45) is 2.02. The Bertz CT molecular complexity index is 707. The van der Waals surface area contributed by atoms with E-state index in [0.29, 0.717) is 19.8 Å². The molecule has 1 saturated heterocycles. The summed E-state index contributed by atoms with van der Waals surface area (Å²) in [7, 11) is -10.1. The molecule has 0 radical (unpaired) electrons. The molecule has 1 aliphatic heterocycles. The Kier molecular flexibility index (Phi) is 16.2. The third-order valence-corrected chi connectivity index (χ3v) is 23.0. The van der Waals surface area contributed by atoms with Gasteiger partial charge in [0, 0.05) is 19.3 Å². The molecule has 0 amide bonds. The van der Waals surface area contributed by atoms with Crippen LogP contribution in [0.2, 0.25) is 64.5 Å². The number of epoxide rings is 1. The zero-order valence-electron chi connectivity index (χ0n) is 24.8. The number of hydrogen-bond donors (Lipinski definition) is 1. The lowest BCUT2D eigenvalue weighted by Crippen LogP contribution is -2.58. The number of aliphatic hydroxyl groups is 1. The van der Waals surface area contributed by atoms with Crippen LogP contribution in [0.3, 0.4) is 0 Å². The normalized spacial score (nSPS) is 20.2. The predicted molar refractivity (Wildman–Crippen MR) is 160 cm³/mol. The molecule has 15 heteroatoms. The lowest BCUT2D eigenvalue weighted by molar-refractivity contribution is -0.141. The highest BCUT2D eigenvalue weighted by Crippen LogP contribution is 2.30. The summed E-state index contributed by atoms with van der Waals surface area (Å²) in [5, 5.41) is 9.93. The molecule has 0 bridgehead atoms. The van der Waals surface area contributed by atoms with Crippen LogP contribution in [0.4, 0.5) is 0 Å². The van der Waals surface area contributed by atoms with Crippen LogP contribution in [0.25, 0.3) is 0 Å². The third kappa shape index (κ3) is 17.6. The number of esters is 1. The Morgan fingerprint density at radius 3 is 2.16 bits per heavy atom. The second-order valence-electron chi connectivity index (χ2n) is 11.3. The Labute approximate surface area is 236 Å². The van der Waals surface area contributed by atoms with Crippen LogP contribution >= 0.6 is 0 Å². The van der Waals surface area contributed by atoms with Gasteiger partial charge in [-0.1, -0.05) is 13.1 Å². The third-order valence-electron chi connectivity index (χ3n) is 5.34. The second kappa shape index (κ2) is 17.1. The first kappa shape index (κ1) is 36.0. The van der Waals surface area contributed by atoms with Gasteiger partial charge in [0.1, 0.15) is 28.6 Å². The first-order chi connectivity index (χ1) is 17.6. The molecule has 4 unspecified atom stereocenters. The summed E-state index contributed by atoms with van der Waals surface area (Å²) in [6.45, 7) is 23.0. The van der Waals surface area contributed by atoms with E-state index < -0.39 is 55.8 Å². The number of aliphatic hydroxyl groups excluding tert-OH is 1. The predicted octanol–water partition coefficient (Wildman–Crippen LogP) is 3.17. The minimum absolute atomic E-state index is 0.0855. The number of hydrogen-bond acceptors (Lipinski definition) is 10. The van der Waals surface area contributed by atoms with Crippen LogP contribution in [-0.2, 0) is 40.2 Å². The molecule has 0 aromatic heterocycles. The SMILES string of the molecule is C=CC(=O)OCC(O)COCCC[Si](C)(O[SiH2]C)O[Si](C)(CCCOCC1CO1)O[Si](C)(C)O[Si](C)(C)C. The van der Waals surface area contributed by atoms with Gasteiger partial charge in [-0.25, -0.2) is 4.79 Å². The molecular weight excluding hydrogens is 577 g/mol. The van der Waals surface area contributed by atoms with Crippen molar-refractivity contribution in [3.63, 3.8) is 0 Å². The van der Waals surface area contributed by atoms with Crippen LogP contribution in [-0.4, -0.2) is 107 Å². The van der Waals surface area contributed by atoms with Gasteiger partial charge in [-0.05, 0) is 70.8 Å². The summed E-state index contributed by atoms with van der Waals surface area (Å²) in [5.74, 6) is -0.566. The Morgan fingerprint density at radius 2 is 1.61 bits per heavy atom. The zero-order valence-corrected chi connectivity index (χ0v) is 30.3. The van der Waals surface area contributed by atoms with E-state index in [1.165, 1.54) is 0 Å². The van der Waals surface area contributed by atoms with Crippen LogP contribution in [0.5, 0.6) is 0 Å². The van der Waals surface area contributed by atoms with Gasteiger partial charge in [-0.15, -0.1) is 0 Å². The van der Waals surface area contributed by atoms with E-state index in [-0.39, 0.29) is 19.3 Å². The standard InChI is InChI=1S/C23H52O10Si5/c1-10-23(25)29-18-21(24)17-26-13-11-15-37(8,30-34-2)33-38(9,16-12-14-27-19-22-20-28-22)32-36(6,7)31-35(3,4)5/h10,21-22,24H,1,11-20,34H2,2-9H3. The van der Waals surface area contributed by atoms with E-state index in [1.807, 2.05) is 0 Å². The zero-order chi connectivity index (χ0) is 28.9. The summed E-state index contributed by atoms with van der Waals surface area (Å²) >= 11 is 0. The van der Waals surface area contributed by atoms with Crippen molar-refractivity contribution in [2.75, 3.05) is 39.6 Å². The van der Waals surface area contributed by atoms with Crippen molar-refractivity contribution in [2.45, 2.75) is 89.5 Å². The van der Waals surface area contributed by atoms with Crippen molar-refractivity contribution in [2.24, 2.45) is 0 Å². The Morgan fingerprint density at radius 1 is 1.00 bits per heavy atom. The molecule has 38 heavy (non-hydrogen) atoms. The number of ether oxygens (including phenoxy) is 4. The van der Waals surface area contributed by atoms with E-state index in [2.05, 4.69) is 59.0 Å².